The van der Waals surface area contributed by atoms with Crippen LogP contribution in [0.2, 0.25) is 0 Å². The SMILES string of the molecule is O=C(/C=C/c1cn(Cc2ccccc2)nc1-c1cccs1)N1CCC(CC(=O)N2CCCC2)CC1. The van der Waals surface area contributed by atoms with Gasteiger partial charge in [0.1, 0.15) is 5.69 Å². The van der Waals surface area contributed by atoms with Gasteiger partial charge in [-0.3, -0.25) is 14.3 Å². The number of piperidine rings is 1. The molecular formula is C28H32N4O2S. The van der Waals surface area contributed by atoms with E-state index in [1.165, 1.54) is 5.56 Å². The number of rotatable bonds is 7. The third-order valence-electron chi connectivity index (χ3n) is 6.99. The Morgan fingerprint density at radius 1 is 0.971 bits per heavy atom. The first-order valence-corrected chi connectivity index (χ1v) is 13.4. The van der Waals surface area contributed by atoms with Crippen molar-refractivity contribution in [1.82, 2.24) is 19.6 Å². The Morgan fingerprint density at radius 2 is 1.74 bits per heavy atom. The van der Waals surface area contributed by atoms with Crippen molar-refractivity contribution in [2.45, 2.75) is 38.6 Å². The van der Waals surface area contributed by atoms with E-state index in [0.29, 0.717) is 37.9 Å². The molecule has 0 N–H and O–H groups in total. The van der Waals surface area contributed by atoms with Crippen LogP contribution in [0.5, 0.6) is 0 Å². The maximum absolute atomic E-state index is 12.9. The van der Waals surface area contributed by atoms with Gasteiger partial charge < -0.3 is 9.80 Å². The smallest absolute Gasteiger partial charge is 0.246 e. The van der Waals surface area contributed by atoms with Gasteiger partial charge >= 0.3 is 0 Å². The fourth-order valence-corrected chi connectivity index (χ4v) is 5.71. The Kier molecular flexibility index (Phi) is 7.42. The number of nitrogens with zero attached hydrogens (tertiary/aromatic N) is 4. The summed E-state index contributed by atoms with van der Waals surface area (Å²) in [7, 11) is 0. The first-order valence-electron chi connectivity index (χ1n) is 12.6. The van der Waals surface area contributed by atoms with Crippen LogP contribution < -0.4 is 0 Å². The number of thiophene rings is 1. The first kappa shape index (κ1) is 23.5. The maximum atomic E-state index is 12.9. The van der Waals surface area contributed by atoms with Crippen LogP contribution in [0.15, 0.2) is 60.1 Å². The van der Waals surface area contributed by atoms with Crippen molar-refractivity contribution in [2.75, 3.05) is 26.2 Å². The average molecular weight is 489 g/mol. The van der Waals surface area contributed by atoms with E-state index in [1.807, 2.05) is 56.4 Å². The van der Waals surface area contributed by atoms with Crippen molar-refractivity contribution in [1.29, 1.82) is 0 Å². The summed E-state index contributed by atoms with van der Waals surface area (Å²) in [6.45, 7) is 3.94. The molecule has 0 spiro atoms. The highest BCUT2D eigenvalue weighted by atomic mass is 32.1. The normalized spacial score (nSPS) is 16.9. The number of carbonyl (C=O) groups is 2. The molecule has 0 atom stereocenters. The second-order valence-corrected chi connectivity index (χ2v) is 10.4. The molecular weight excluding hydrogens is 456 g/mol. The second-order valence-electron chi connectivity index (χ2n) is 9.49. The molecule has 0 bridgehead atoms. The Balaban J connectivity index is 1.21. The summed E-state index contributed by atoms with van der Waals surface area (Å²) in [6, 6.07) is 14.3. The minimum atomic E-state index is 0.0299. The molecule has 4 heterocycles. The third-order valence-corrected chi connectivity index (χ3v) is 7.86. The summed E-state index contributed by atoms with van der Waals surface area (Å²) >= 11 is 1.65. The van der Waals surface area contributed by atoms with E-state index in [4.69, 9.17) is 5.10 Å². The van der Waals surface area contributed by atoms with Gasteiger partial charge in [-0.1, -0.05) is 36.4 Å². The highest BCUT2D eigenvalue weighted by Crippen LogP contribution is 2.28. The molecule has 1 aromatic carbocycles. The van der Waals surface area contributed by atoms with Crippen LogP contribution in [0, 0.1) is 5.92 Å². The molecule has 0 aliphatic carbocycles. The summed E-state index contributed by atoms with van der Waals surface area (Å²) in [5.74, 6) is 0.709. The van der Waals surface area contributed by atoms with E-state index in [1.54, 1.807) is 17.4 Å². The molecule has 2 saturated heterocycles. The lowest BCUT2D eigenvalue weighted by Gasteiger charge is -2.31. The van der Waals surface area contributed by atoms with Crippen molar-refractivity contribution in [3.8, 4) is 10.6 Å². The number of aromatic nitrogens is 2. The molecule has 2 aromatic heterocycles. The largest absolute Gasteiger partial charge is 0.343 e. The van der Waals surface area contributed by atoms with Crippen LogP contribution in [0.3, 0.4) is 0 Å². The molecule has 7 heteroatoms. The molecule has 0 unspecified atom stereocenters. The zero-order chi connectivity index (χ0) is 24.0. The van der Waals surface area contributed by atoms with Gasteiger partial charge in [-0.25, -0.2) is 0 Å². The molecule has 6 nitrogen and oxygen atoms in total. The van der Waals surface area contributed by atoms with Crippen molar-refractivity contribution in [2.24, 2.45) is 5.92 Å². The van der Waals surface area contributed by atoms with Crippen LogP contribution in [0.4, 0.5) is 0 Å². The third kappa shape index (κ3) is 5.90. The number of likely N-dealkylation sites (tertiary alicyclic amines) is 2. The lowest BCUT2D eigenvalue weighted by Crippen LogP contribution is -2.39. The highest BCUT2D eigenvalue weighted by molar-refractivity contribution is 7.13. The standard InChI is InChI=1S/C28H32N4O2S/c33-26(31-16-12-22(13-17-31)19-27(34)30-14-4-5-15-30)11-10-24-21-32(20-23-7-2-1-3-8-23)29-28(24)25-9-6-18-35-25/h1-3,6-11,18,21-22H,4-5,12-17,19-20H2/b11-10+. The Morgan fingerprint density at radius 3 is 2.46 bits per heavy atom. The predicted octanol–water partition coefficient (Wildman–Crippen LogP) is 4.92. The van der Waals surface area contributed by atoms with E-state index < -0.39 is 0 Å². The fourth-order valence-electron chi connectivity index (χ4n) is 4.98. The quantitative estimate of drug-likeness (QED) is 0.444. The zero-order valence-electron chi connectivity index (χ0n) is 20.0. The maximum Gasteiger partial charge on any atom is 0.246 e. The number of hydrogen-bond acceptors (Lipinski definition) is 4. The summed E-state index contributed by atoms with van der Waals surface area (Å²) in [6.07, 6.45) is 10.3. The molecule has 2 amide bonds. The molecule has 0 radical (unpaired) electrons. The van der Waals surface area contributed by atoms with Gasteiger partial charge in [0, 0.05) is 50.4 Å². The van der Waals surface area contributed by atoms with Gasteiger partial charge in [-0.15, -0.1) is 11.3 Å². The van der Waals surface area contributed by atoms with Crippen LogP contribution >= 0.6 is 11.3 Å². The van der Waals surface area contributed by atoms with E-state index in [0.717, 1.165) is 54.9 Å². The van der Waals surface area contributed by atoms with Crippen LogP contribution in [0.1, 0.15) is 43.2 Å². The summed E-state index contributed by atoms with van der Waals surface area (Å²) in [4.78, 5) is 30.4. The van der Waals surface area contributed by atoms with E-state index >= 15 is 0 Å². The van der Waals surface area contributed by atoms with E-state index in [-0.39, 0.29) is 5.91 Å². The minimum absolute atomic E-state index is 0.0299. The van der Waals surface area contributed by atoms with Crippen molar-refractivity contribution < 1.29 is 9.59 Å². The highest BCUT2D eigenvalue weighted by Gasteiger charge is 2.26. The zero-order valence-corrected chi connectivity index (χ0v) is 20.8. The van der Waals surface area contributed by atoms with Gasteiger partial charge in [0.25, 0.3) is 0 Å². The topological polar surface area (TPSA) is 58.4 Å². The second kappa shape index (κ2) is 11.0. The molecule has 5 rings (SSSR count). The van der Waals surface area contributed by atoms with Gasteiger partial charge in [0.15, 0.2) is 0 Å². The van der Waals surface area contributed by atoms with Gasteiger partial charge in [0.05, 0.1) is 11.4 Å². The summed E-state index contributed by atoms with van der Waals surface area (Å²) < 4.78 is 1.94. The van der Waals surface area contributed by atoms with Crippen molar-refractivity contribution >= 4 is 29.2 Å². The van der Waals surface area contributed by atoms with Crippen LogP contribution in [-0.4, -0.2) is 57.6 Å². The molecule has 3 aromatic rings. The number of benzene rings is 1. The number of hydrogen-bond donors (Lipinski definition) is 0. The van der Waals surface area contributed by atoms with Gasteiger partial charge in [-0.05, 0) is 54.7 Å². The van der Waals surface area contributed by atoms with Crippen molar-refractivity contribution in [3.63, 3.8) is 0 Å². The molecule has 2 aliphatic heterocycles. The van der Waals surface area contributed by atoms with Gasteiger partial charge in [-0.2, -0.15) is 5.10 Å². The summed E-state index contributed by atoms with van der Waals surface area (Å²) in [5.41, 5.74) is 3.03. The van der Waals surface area contributed by atoms with Gasteiger partial charge in [0.2, 0.25) is 11.8 Å². The molecule has 182 valence electrons. The first-order chi connectivity index (χ1) is 17.2. The van der Waals surface area contributed by atoms with Crippen LogP contribution in [-0.2, 0) is 16.1 Å². The lowest BCUT2D eigenvalue weighted by molar-refractivity contribution is -0.131. The Labute approximate surface area is 210 Å². The Hall–Kier alpha value is -3.19. The molecule has 2 fully saturated rings. The van der Waals surface area contributed by atoms with Crippen molar-refractivity contribution in [3.05, 3.63) is 71.2 Å². The molecule has 35 heavy (non-hydrogen) atoms. The molecule has 0 saturated carbocycles. The molecule has 2 aliphatic rings. The van der Waals surface area contributed by atoms with E-state index in [9.17, 15) is 9.59 Å². The van der Waals surface area contributed by atoms with Crippen LogP contribution in [0.25, 0.3) is 16.6 Å². The lowest BCUT2D eigenvalue weighted by atomic mass is 9.93. The monoisotopic (exact) mass is 488 g/mol. The minimum Gasteiger partial charge on any atom is -0.343 e. The fraction of sp³-hybridized carbons (Fsp3) is 0.393. The number of amides is 2. The summed E-state index contributed by atoms with van der Waals surface area (Å²) in [5, 5.41) is 6.87. The van der Waals surface area contributed by atoms with E-state index in [2.05, 4.69) is 18.2 Å². The number of carbonyl (C=O) groups excluding carboxylic acids is 2. The Bertz CT molecular complexity index is 1160. The average Bonchev–Trinajstić information content (AvgIpc) is 3.66. The predicted molar refractivity (Wildman–Crippen MR) is 140 cm³/mol.